The molecule has 7 nitrogen and oxygen atoms in total. The van der Waals surface area contributed by atoms with Crippen molar-refractivity contribution in [1.29, 1.82) is 0 Å². The van der Waals surface area contributed by atoms with E-state index in [-0.39, 0.29) is 34.0 Å². The lowest BCUT2D eigenvalue weighted by atomic mass is 10.1. The first-order valence-corrected chi connectivity index (χ1v) is 10.3. The fourth-order valence-corrected chi connectivity index (χ4v) is 3.96. The van der Waals surface area contributed by atoms with Crippen LogP contribution >= 0.6 is 11.6 Å². The summed E-state index contributed by atoms with van der Waals surface area (Å²) >= 11 is 5.91. The van der Waals surface area contributed by atoms with Gasteiger partial charge in [-0.15, -0.1) is 0 Å². The molecule has 1 atom stereocenters. The maximum Gasteiger partial charge on any atom is 0.262 e. The van der Waals surface area contributed by atoms with E-state index in [2.05, 4.69) is 10.6 Å². The molecule has 2 N–H and O–H groups in total. The van der Waals surface area contributed by atoms with Gasteiger partial charge in [0, 0.05) is 11.8 Å². The Morgan fingerprint density at radius 3 is 2.70 bits per heavy atom. The Hall–Kier alpha value is -2.58. The Kier molecular flexibility index (Phi) is 5.12. The Morgan fingerprint density at radius 2 is 2.00 bits per heavy atom. The van der Waals surface area contributed by atoms with Crippen molar-refractivity contribution in [2.45, 2.75) is 17.9 Å². The van der Waals surface area contributed by atoms with E-state index in [1.165, 1.54) is 18.2 Å². The molecule has 9 heteroatoms. The minimum atomic E-state index is -3.55. The zero-order valence-electron chi connectivity index (χ0n) is 14.6. The first-order valence-electron chi connectivity index (χ1n) is 8.02. The summed E-state index contributed by atoms with van der Waals surface area (Å²) in [7, 11) is -3.55. The Balaban J connectivity index is 1.80. The third-order valence-corrected chi connectivity index (χ3v) is 5.66. The van der Waals surface area contributed by atoms with Gasteiger partial charge in [0.25, 0.3) is 11.8 Å². The van der Waals surface area contributed by atoms with E-state index in [4.69, 9.17) is 16.3 Å². The van der Waals surface area contributed by atoms with Gasteiger partial charge in [-0.1, -0.05) is 17.7 Å². The summed E-state index contributed by atoms with van der Waals surface area (Å²) in [4.78, 5) is 23.9. The van der Waals surface area contributed by atoms with Crippen molar-refractivity contribution in [3.8, 4) is 5.75 Å². The second kappa shape index (κ2) is 7.21. The Morgan fingerprint density at radius 1 is 1.26 bits per heavy atom. The second-order valence-electron chi connectivity index (χ2n) is 6.20. The number of hydrogen-bond acceptors (Lipinski definition) is 5. The summed E-state index contributed by atoms with van der Waals surface area (Å²) in [6.45, 7) is 1.75. The molecule has 0 fully saturated rings. The summed E-state index contributed by atoms with van der Waals surface area (Å²) in [6, 6.07) is 8.92. The van der Waals surface area contributed by atoms with E-state index >= 15 is 0 Å². The number of anilines is 1. The molecule has 142 valence electrons. The molecule has 1 unspecified atom stereocenters. The molecule has 2 aromatic carbocycles. The summed E-state index contributed by atoms with van der Waals surface area (Å²) in [5.74, 6) is -0.125. The molecule has 3 rings (SSSR count). The lowest BCUT2D eigenvalue weighted by Crippen LogP contribution is -2.28. The van der Waals surface area contributed by atoms with Crippen molar-refractivity contribution >= 4 is 38.9 Å². The molecular weight excluding hydrogens is 392 g/mol. The van der Waals surface area contributed by atoms with Crippen LogP contribution < -0.4 is 15.4 Å². The van der Waals surface area contributed by atoms with Crippen LogP contribution in [-0.4, -0.2) is 33.1 Å². The zero-order chi connectivity index (χ0) is 19.8. The number of fused-ring (bicyclic) bond motifs is 1. The van der Waals surface area contributed by atoms with E-state index in [0.29, 0.717) is 11.4 Å². The largest absolute Gasteiger partial charge is 0.482 e. The number of ether oxygens (including phenoxy) is 1. The minimum Gasteiger partial charge on any atom is -0.482 e. The number of nitrogens with one attached hydrogen (secondary N) is 2. The average Bonchev–Trinajstić information content (AvgIpc) is 2.60. The average molecular weight is 409 g/mol. The second-order valence-corrected chi connectivity index (χ2v) is 8.60. The lowest BCUT2D eigenvalue weighted by molar-refractivity contribution is -0.118. The van der Waals surface area contributed by atoms with Crippen LogP contribution in [0.4, 0.5) is 5.69 Å². The van der Waals surface area contributed by atoms with E-state index in [0.717, 1.165) is 11.8 Å². The van der Waals surface area contributed by atoms with Crippen molar-refractivity contribution < 1.29 is 22.7 Å². The smallest absolute Gasteiger partial charge is 0.262 e. The third kappa shape index (κ3) is 4.23. The Bertz CT molecular complexity index is 1040. The molecule has 0 spiro atoms. The van der Waals surface area contributed by atoms with Crippen LogP contribution in [0.5, 0.6) is 5.75 Å². The number of benzene rings is 2. The molecule has 1 aliphatic rings. The molecule has 2 amide bonds. The van der Waals surface area contributed by atoms with Gasteiger partial charge in [-0.3, -0.25) is 9.59 Å². The molecule has 0 aromatic heterocycles. The number of hydrogen-bond donors (Lipinski definition) is 2. The molecule has 27 heavy (non-hydrogen) atoms. The first-order chi connectivity index (χ1) is 12.6. The SMILES string of the molecule is CC(NC(=O)c1ccc(Cl)c(S(C)(=O)=O)c1)c1ccc2c(c1)NC(=O)CO2. The van der Waals surface area contributed by atoms with Crippen LogP contribution in [0.1, 0.15) is 28.9 Å². The van der Waals surface area contributed by atoms with Crippen LogP contribution in [0.15, 0.2) is 41.3 Å². The highest BCUT2D eigenvalue weighted by atomic mass is 35.5. The molecule has 0 radical (unpaired) electrons. The number of sulfone groups is 1. The quantitative estimate of drug-likeness (QED) is 0.809. The molecular formula is C18H17ClN2O5S. The number of carbonyl (C=O) groups excluding carboxylic acids is 2. The number of carbonyl (C=O) groups is 2. The molecule has 1 heterocycles. The lowest BCUT2D eigenvalue weighted by Gasteiger charge is -2.21. The number of amides is 2. The molecule has 2 aromatic rings. The summed E-state index contributed by atoms with van der Waals surface area (Å²) in [6.07, 6.45) is 1.03. The van der Waals surface area contributed by atoms with E-state index in [9.17, 15) is 18.0 Å². The first kappa shape index (κ1) is 19.2. The molecule has 0 saturated heterocycles. The van der Waals surface area contributed by atoms with Crippen molar-refractivity contribution in [3.63, 3.8) is 0 Å². The maximum atomic E-state index is 12.5. The van der Waals surface area contributed by atoms with Crippen LogP contribution in [0.3, 0.4) is 0 Å². The minimum absolute atomic E-state index is 0.0299. The van der Waals surface area contributed by atoms with Crippen LogP contribution in [0, 0.1) is 0 Å². The highest BCUT2D eigenvalue weighted by Crippen LogP contribution is 2.30. The van der Waals surface area contributed by atoms with Gasteiger partial charge >= 0.3 is 0 Å². The van der Waals surface area contributed by atoms with Gasteiger partial charge in [0.1, 0.15) is 5.75 Å². The van der Waals surface area contributed by atoms with E-state index < -0.39 is 15.7 Å². The molecule has 1 aliphatic heterocycles. The van der Waals surface area contributed by atoms with Crippen molar-refractivity contribution in [2.75, 3.05) is 18.2 Å². The van der Waals surface area contributed by atoms with Crippen LogP contribution in [-0.2, 0) is 14.6 Å². The molecule has 0 saturated carbocycles. The van der Waals surface area contributed by atoms with Gasteiger partial charge in [-0.05, 0) is 42.8 Å². The maximum absolute atomic E-state index is 12.5. The van der Waals surface area contributed by atoms with Crippen LogP contribution in [0.25, 0.3) is 0 Å². The summed E-state index contributed by atoms with van der Waals surface area (Å²) in [5.41, 5.74) is 1.47. The summed E-state index contributed by atoms with van der Waals surface area (Å²) in [5, 5.41) is 5.57. The van der Waals surface area contributed by atoms with E-state index in [1.807, 2.05) is 0 Å². The van der Waals surface area contributed by atoms with Gasteiger partial charge in [-0.25, -0.2) is 8.42 Å². The van der Waals surface area contributed by atoms with Crippen LogP contribution in [0.2, 0.25) is 5.02 Å². The fraction of sp³-hybridized carbons (Fsp3) is 0.222. The normalized spacial score (nSPS) is 14.6. The summed E-state index contributed by atoms with van der Waals surface area (Å²) < 4.78 is 28.9. The molecule has 0 bridgehead atoms. The molecule has 0 aliphatic carbocycles. The highest BCUT2D eigenvalue weighted by Gasteiger charge is 2.20. The van der Waals surface area contributed by atoms with Gasteiger partial charge in [0.05, 0.1) is 21.6 Å². The van der Waals surface area contributed by atoms with Crippen molar-refractivity contribution in [3.05, 3.63) is 52.5 Å². The highest BCUT2D eigenvalue weighted by molar-refractivity contribution is 7.90. The zero-order valence-corrected chi connectivity index (χ0v) is 16.1. The topological polar surface area (TPSA) is 102 Å². The van der Waals surface area contributed by atoms with E-state index in [1.54, 1.807) is 25.1 Å². The van der Waals surface area contributed by atoms with Crippen molar-refractivity contribution in [2.24, 2.45) is 0 Å². The monoisotopic (exact) mass is 408 g/mol. The predicted octanol–water partition coefficient (Wildman–Crippen LogP) is 2.57. The van der Waals surface area contributed by atoms with Gasteiger partial charge in [-0.2, -0.15) is 0 Å². The third-order valence-electron chi connectivity index (χ3n) is 4.08. The predicted molar refractivity (Wildman–Crippen MR) is 101 cm³/mol. The number of halogens is 1. The standard InChI is InChI=1S/C18H17ClN2O5S/c1-10(11-4-6-15-14(7-11)21-17(22)9-26-15)20-18(23)12-3-5-13(19)16(8-12)27(2,24)25/h3-8,10H,9H2,1-2H3,(H,20,23)(H,21,22). The number of rotatable bonds is 4. The Labute approximate surface area is 161 Å². The van der Waals surface area contributed by atoms with Crippen molar-refractivity contribution in [1.82, 2.24) is 5.32 Å². The van der Waals surface area contributed by atoms with Gasteiger partial charge in [0.15, 0.2) is 16.4 Å². The fourth-order valence-electron chi connectivity index (χ4n) is 2.66. The van der Waals surface area contributed by atoms with Gasteiger partial charge in [0.2, 0.25) is 0 Å². The van der Waals surface area contributed by atoms with Gasteiger partial charge < -0.3 is 15.4 Å².